The van der Waals surface area contributed by atoms with E-state index in [0.29, 0.717) is 10.3 Å². The lowest BCUT2D eigenvalue weighted by Crippen LogP contribution is -2.16. The Morgan fingerprint density at radius 3 is 2.26 bits per heavy atom. The van der Waals surface area contributed by atoms with Crippen LogP contribution in [0.25, 0.3) is 6.08 Å². The number of carbonyl (C=O) groups excluding carboxylic acids is 1. The van der Waals surface area contributed by atoms with Crippen molar-refractivity contribution in [3.63, 3.8) is 0 Å². The minimum absolute atomic E-state index is 0.373. The highest BCUT2D eigenvalue weighted by atomic mass is 19.1. The van der Waals surface area contributed by atoms with Crippen LogP contribution in [-0.4, -0.2) is 20.9 Å². The highest BCUT2D eigenvalue weighted by Crippen LogP contribution is 2.18. The van der Waals surface area contributed by atoms with E-state index in [4.69, 9.17) is 0 Å². The maximum atomic E-state index is 12.7. The van der Waals surface area contributed by atoms with Gasteiger partial charge in [0.15, 0.2) is 0 Å². The van der Waals surface area contributed by atoms with Crippen molar-refractivity contribution in [3.05, 3.63) is 53.9 Å². The zero-order chi connectivity index (χ0) is 13.8. The third-order valence-corrected chi connectivity index (χ3v) is 2.26. The van der Waals surface area contributed by atoms with Crippen LogP contribution in [0.15, 0.2) is 42.5 Å². The Kier molecular flexibility index (Phi) is 3.51. The molecule has 19 heavy (non-hydrogen) atoms. The standard InChI is InChI=1S/C13H10FNO4/c14-10-4-1-9(2-5-10)3-8-13(18)19-15-11(16)6-7-12(15)17/h1-8,16-17H. The zero-order valence-corrected chi connectivity index (χ0v) is 9.65. The predicted octanol–water partition coefficient (Wildman–Crippen LogP) is 1.71. The van der Waals surface area contributed by atoms with Crippen molar-refractivity contribution in [2.75, 3.05) is 0 Å². The van der Waals surface area contributed by atoms with Crippen molar-refractivity contribution in [2.24, 2.45) is 0 Å². The van der Waals surface area contributed by atoms with E-state index in [2.05, 4.69) is 4.84 Å². The summed E-state index contributed by atoms with van der Waals surface area (Å²) in [6, 6.07) is 7.84. The second-order valence-electron chi connectivity index (χ2n) is 3.64. The van der Waals surface area contributed by atoms with Crippen LogP contribution in [0.4, 0.5) is 4.39 Å². The smallest absolute Gasteiger partial charge is 0.356 e. The maximum Gasteiger partial charge on any atom is 0.356 e. The molecule has 1 aromatic heterocycles. The summed E-state index contributed by atoms with van der Waals surface area (Å²) in [6.07, 6.45) is 2.51. The normalized spacial score (nSPS) is 10.8. The highest BCUT2D eigenvalue weighted by Gasteiger charge is 2.09. The van der Waals surface area contributed by atoms with Crippen LogP contribution in [0, 0.1) is 5.82 Å². The molecule has 1 heterocycles. The third-order valence-electron chi connectivity index (χ3n) is 2.26. The monoisotopic (exact) mass is 263 g/mol. The second-order valence-corrected chi connectivity index (χ2v) is 3.64. The fourth-order valence-electron chi connectivity index (χ4n) is 1.35. The van der Waals surface area contributed by atoms with E-state index >= 15 is 0 Å². The highest BCUT2D eigenvalue weighted by molar-refractivity contribution is 5.87. The SMILES string of the molecule is O=C(C=Cc1ccc(F)cc1)On1c(O)ccc1O. The summed E-state index contributed by atoms with van der Waals surface area (Å²) in [5.74, 6) is -1.98. The van der Waals surface area contributed by atoms with Gasteiger partial charge in [0.25, 0.3) is 0 Å². The third kappa shape index (κ3) is 3.12. The quantitative estimate of drug-likeness (QED) is 0.827. The van der Waals surface area contributed by atoms with Crippen molar-refractivity contribution in [3.8, 4) is 11.8 Å². The summed E-state index contributed by atoms with van der Waals surface area (Å²) in [5, 5.41) is 18.5. The summed E-state index contributed by atoms with van der Waals surface area (Å²) in [5.41, 5.74) is 0.610. The number of hydrogen-bond acceptors (Lipinski definition) is 4. The first-order chi connectivity index (χ1) is 9.06. The molecule has 2 aromatic rings. The number of benzene rings is 1. The molecule has 6 heteroatoms. The lowest BCUT2D eigenvalue weighted by molar-refractivity contribution is -0.139. The van der Waals surface area contributed by atoms with Crippen LogP contribution < -0.4 is 4.84 Å². The predicted molar refractivity (Wildman–Crippen MR) is 64.8 cm³/mol. The first-order valence-corrected chi connectivity index (χ1v) is 5.32. The molecule has 0 aliphatic rings. The molecule has 0 saturated heterocycles. The van der Waals surface area contributed by atoms with E-state index in [0.717, 1.165) is 6.08 Å². The van der Waals surface area contributed by atoms with Crippen LogP contribution in [0.1, 0.15) is 5.56 Å². The van der Waals surface area contributed by atoms with Gasteiger partial charge >= 0.3 is 5.97 Å². The van der Waals surface area contributed by atoms with Crippen molar-refractivity contribution in [1.82, 2.24) is 4.73 Å². The second kappa shape index (κ2) is 5.26. The Labute approximate surface area is 107 Å². The van der Waals surface area contributed by atoms with Gasteiger partial charge in [0.2, 0.25) is 11.8 Å². The molecule has 0 saturated carbocycles. The van der Waals surface area contributed by atoms with Gasteiger partial charge in [-0.05, 0) is 23.8 Å². The molecular formula is C13H10FNO4. The average Bonchev–Trinajstić information content (AvgIpc) is 2.70. The minimum Gasteiger partial charge on any atom is -0.492 e. The van der Waals surface area contributed by atoms with Gasteiger partial charge in [0.05, 0.1) is 0 Å². The van der Waals surface area contributed by atoms with Gasteiger partial charge in [0, 0.05) is 18.2 Å². The molecule has 98 valence electrons. The Bertz CT molecular complexity index is 597. The van der Waals surface area contributed by atoms with Crippen molar-refractivity contribution in [2.45, 2.75) is 0 Å². The Hall–Kier alpha value is -2.76. The van der Waals surface area contributed by atoms with E-state index in [-0.39, 0.29) is 5.82 Å². The Morgan fingerprint density at radius 1 is 1.11 bits per heavy atom. The molecule has 0 unspecified atom stereocenters. The molecule has 0 aliphatic carbocycles. The van der Waals surface area contributed by atoms with E-state index in [9.17, 15) is 19.4 Å². The number of carbonyl (C=O) groups is 1. The van der Waals surface area contributed by atoms with Crippen molar-refractivity contribution in [1.29, 1.82) is 0 Å². The van der Waals surface area contributed by atoms with Crippen molar-refractivity contribution >= 4 is 12.0 Å². The van der Waals surface area contributed by atoms with Gasteiger partial charge in [0.1, 0.15) is 5.82 Å². The molecule has 0 aliphatic heterocycles. The molecule has 0 spiro atoms. The molecule has 0 amide bonds. The molecule has 0 fully saturated rings. The molecular weight excluding hydrogens is 253 g/mol. The van der Waals surface area contributed by atoms with E-state index < -0.39 is 17.7 Å². The first kappa shape index (κ1) is 12.7. The average molecular weight is 263 g/mol. The number of hydrogen-bond donors (Lipinski definition) is 2. The molecule has 5 nitrogen and oxygen atoms in total. The van der Waals surface area contributed by atoms with Crippen LogP contribution >= 0.6 is 0 Å². The summed E-state index contributed by atoms with van der Waals surface area (Å²) < 4.78 is 13.2. The van der Waals surface area contributed by atoms with Crippen LogP contribution in [0.5, 0.6) is 11.8 Å². The summed E-state index contributed by atoms with van der Waals surface area (Å²) >= 11 is 0. The van der Waals surface area contributed by atoms with Gasteiger partial charge in [-0.25, -0.2) is 9.18 Å². The number of nitrogens with zero attached hydrogens (tertiary/aromatic N) is 1. The lowest BCUT2D eigenvalue weighted by atomic mass is 10.2. The number of aromatic hydroxyl groups is 2. The summed E-state index contributed by atoms with van der Waals surface area (Å²) in [7, 11) is 0. The molecule has 0 radical (unpaired) electrons. The van der Waals surface area contributed by atoms with E-state index in [1.54, 1.807) is 0 Å². The Morgan fingerprint density at radius 2 is 1.68 bits per heavy atom. The fourth-order valence-corrected chi connectivity index (χ4v) is 1.35. The Balaban J connectivity index is 2.04. The zero-order valence-electron chi connectivity index (χ0n) is 9.65. The maximum absolute atomic E-state index is 12.7. The number of halogens is 1. The summed E-state index contributed by atoms with van der Waals surface area (Å²) in [6.45, 7) is 0. The van der Waals surface area contributed by atoms with Crippen molar-refractivity contribution < 1.29 is 24.2 Å². The molecule has 2 N–H and O–H groups in total. The van der Waals surface area contributed by atoms with E-state index in [1.165, 1.54) is 42.5 Å². The largest absolute Gasteiger partial charge is 0.492 e. The topological polar surface area (TPSA) is 71.7 Å². The van der Waals surface area contributed by atoms with E-state index in [1.807, 2.05) is 0 Å². The molecule has 2 rings (SSSR count). The van der Waals surface area contributed by atoms with Gasteiger partial charge in [-0.3, -0.25) is 0 Å². The van der Waals surface area contributed by atoms with Gasteiger partial charge in [-0.1, -0.05) is 12.1 Å². The molecule has 0 bridgehead atoms. The lowest BCUT2D eigenvalue weighted by Gasteiger charge is -2.03. The summed E-state index contributed by atoms with van der Waals surface area (Å²) in [4.78, 5) is 16.1. The molecule has 0 atom stereocenters. The first-order valence-electron chi connectivity index (χ1n) is 5.32. The van der Waals surface area contributed by atoms with Crippen LogP contribution in [0.3, 0.4) is 0 Å². The number of rotatable bonds is 3. The fraction of sp³-hybridized carbons (Fsp3) is 0. The van der Waals surface area contributed by atoms with Crippen LogP contribution in [-0.2, 0) is 4.79 Å². The van der Waals surface area contributed by atoms with Gasteiger partial charge in [-0.15, -0.1) is 4.73 Å². The van der Waals surface area contributed by atoms with Gasteiger partial charge in [-0.2, -0.15) is 0 Å². The molecule has 1 aromatic carbocycles. The van der Waals surface area contributed by atoms with Crippen LogP contribution in [0.2, 0.25) is 0 Å². The van der Waals surface area contributed by atoms with Gasteiger partial charge < -0.3 is 15.1 Å². The number of aromatic nitrogens is 1. The minimum atomic E-state index is -0.800.